The highest BCUT2D eigenvalue weighted by molar-refractivity contribution is 7.90. The minimum atomic E-state index is -3.69. The number of para-hydroxylation sites is 1. The standard InChI is InChI=1S/C23H20N2O7S/c1-29-21-6-3-7-22(24-21)32-17-5-2-4-16-18(13-30-23(16)17)31-15-10-8-14(9-11-15)19-12-20(26)25-33(19,27)28/h2-11,18-19H,12-13H2,1H3,(H,25,26)/t18-,19?/m1/s1. The van der Waals surface area contributed by atoms with Crippen LogP contribution in [0.5, 0.6) is 29.0 Å². The number of sulfonamides is 1. The highest BCUT2D eigenvalue weighted by Crippen LogP contribution is 2.43. The third-order valence-electron chi connectivity index (χ3n) is 5.39. The quantitative estimate of drug-likeness (QED) is 0.586. The summed E-state index contributed by atoms with van der Waals surface area (Å²) in [6.45, 7) is 0.290. The molecular weight excluding hydrogens is 448 g/mol. The predicted molar refractivity (Wildman–Crippen MR) is 117 cm³/mol. The number of hydrogen-bond donors (Lipinski definition) is 1. The Bertz CT molecular complexity index is 1310. The number of fused-ring (bicyclic) bond motifs is 1. The van der Waals surface area contributed by atoms with Gasteiger partial charge < -0.3 is 18.9 Å². The first-order chi connectivity index (χ1) is 15.9. The van der Waals surface area contributed by atoms with Crippen LogP contribution in [0.25, 0.3) is 0 Å². The van der Waals surface area contributed by atoms with Crippen molar-refractivity contribution in [2.24, 2.45) is 0 Å². The third kappa shape index (κ3) is 4.17. The monoisotopic (exact) mass is 468 g/mol. The van der Waals surface area contributed by atoms with Gasteiger partial charge in [0.2, 0.25) is 27.7 Å². The number of nitrogens with zero attached hydrogens (tertiary/aromatic N) is 1. The lowest BCUT2D eigenvalue weighted by Gasteiger charge is -2.14. The molecule has 2 atom stereocenters. The molecule has 1 aromatic heterocycles. The number of pyridine rings is 1. The molecule has 170 valence electrons. The molecule has 3 heterocycles. The summed E-state index contributed by atoms with van der Waals surface area (Å²) in [5.74, 6) is 1.96. The molecule has 0 radical (unpaired) electrons. The number of benzene rings is 2. The van der Waals surface area contributed by atoms with E-state index in [0.717, 1.165) is 5.56 Å². The summed E-state index contributed by atoms with van der Waals surface area (Å²) in [4.78, 5) is 15.7. The molecule has 0 aliphatic carbocycles. The van der Waals surface area contributed by atoms with E-state index in [-0.39, 0.29) is 12.5 Å². The number of amides is 1. The highest BCUT2D eigenvalue weighted by atomic mass is 32.2. The maximum atomic E-state index is 12.1. The fourth-order valence-electron chi connectivity index (χ4n) is 3.82. The zero-order valence-electron chi connectivity index (χ0n) is 17.6. The highest BCUT2D eigenvalue weighted by Gasteiger charge is 2.38. The molecule has 2 aromatic carbocycles. The molecule has 1 N–H and O–H groups in total. The fraction of sp³-hybridized carbons (Fsp3) is 0.217. The van der Waals surface area contributed by atoms with Gasteiger partial charge in [0, 0.05) is 17.7 Å². The van der Waals surface area contributed by atoms with E-state index in [1.165, 1.54) is 7.11 Å². The number of ether oxygens (including phenoxy) is 4. The van der Waals surface area contributed by atoms with Crippen LogP contribution in [-0.4, -0.2) is 33.0 Å². The average Bonchev–Trinajstić information content (AvgIpc) is 3.34. The van der Waals surface area contributed by atoms with Gasteiger partial charge >= 0.3 is 0 Å². The van der Waals surface area contributed by atoms with Crippen molar-refractivity contribution in [1.82, 2.24) is 9.71 Å². The topological polar surface area (TPSA) is 113 Å². The molecular formula is C23H20N2O7S. The van der Waals surface area contributed by atoms with Crippen molar-refractivity contribution in [3.05, 3.63) is 71.8 Å². The normalized spacial score (nSPS) is 20.5. The fourth-order valence-corrected chi connectivity index (χ4v) is 5.25. The van der Waals surface area contributed by atoms with E-state index in [4.69, 9.17) is 18.9 Å². The maximum Gasteiger partial charge on any atom is 0.242 e. The summed E-state index contributed by atoms with van der Waals surface area (Å²) in [6, 6.07) is 17.4. The number of aromatic nitrogens is 1. The molecule has 1 fully saturated rings. The summed E-state index contributed by atoms with van der Waals surface area (Å²) in [5.41, 5.74) is 1.36. The second kappa shape index (κ2) is 8.28. The van der Waals surface area contributed by atoms with Crippen LogP contribution >= 0.6 is 0 Å². The van der Waals surface area contributed by atoms with Crippen molar-refractivity contribution < 1.29 is 32.2 Å². The number of carbonyl (C=O) groups is 1. The lowest BCUT2D eigenvalue weighted by molar-refractivity contribution is -0.118. The molecule has 1 amide bonds. The van der Waals surface area contributed by atoms with Crippen molar-refractivity contribution >= 4 is 15.9 Å². The number of methoxy groups -OCH3 is 1. The van der Waals surface area contributed by atoms with E-state index in [9.17, 15) is 13.2 Å². The molecule has 1 saturated heterocycles. The Morgan fingerprint density at radius 2 is 1.79 bits per heavy atom. The minimum absolute atomic E-state index is 0.0860. The van der Waals surface area contributed by atoms with Crippen LogP contribution in [0.4, 0.5) is 0 Å². The van der Waals surface area contributed by atoms with E-state index in [2.05, 4.69) is 4.98 Å². The van der Waals surface area contributed by atoms with Crippen molar-refractivity contribution in [3.8, 4) is 29.0 Å². The molecule has 0 bridgehead atoms. The van der Waals surface area contributed by atoms with Gasteiger partial charge in [-0.1, -0.05) is 30.3 Å². The molecule has 2 aliphatic heterocycles. The van der Waals surface area contributed by atoms with Gasteiger partial charge in [-0.25, -0.2) is 8.42 Å². The Kier molecular flexibility index (Phi) is 5.29. The van der Waals surface area contributed by atoms with E-state index < -0.39 is 21.2 Å². The third-order valence-corrected chi connectivity index (χ3v) is 7.09. The lowest BCUT2D eigenvalue weighted by atomic mass is 10.1. The Labute approximate surface area is 190 Å². The Balaban J connectivity index is 1.32. The molecule has 3 aromatic rings. The lowest BCUT2D eigenvalue weighted by Crippen LogP contribution is -2.21. The van der Waals surface area contributed by atoms with Crippen LogP contribution < -0.4 is 23.7 Å². The number of rotatable bonds is 6. The molecule has 1 unspecified atom stereocenters. The van der Waals surface area contributed by atoms with Gasteiger partial charge in [0.15, 0.2) is 17.6 Å². The minimum Gasteiger partial charge on any atom is -0.485 e. The van der Waals surface area contributed by atoms with E-state index in [0.29, 0.717) is 41.2 Å². The first-order valence-corrected chi connectivity index (χ1v) is 11.7. The van der Waals surface area contributed by atoms with Gasteiger partial charge in [-0.05, 0) is 23.8 Å². The second-order valence-corrected chi connectivity index (χ2v) is 9.41. The molecule has 33 heavy (non-hydrogen) atoms. The van der Waals surface area contributed by atoms with E-state index in [1.807, 2.05) is 16.9 Å². The maximum absolute atomic E-state index is 12.1. The summed E-state index contributed by atoms with van der Waals surface area (Å²) in [5, 5.41) is -0.889. The van der Waals surface area contributed by atoms with E-state index in [1.54, 1.807) is 48.5 Å². The number of carbonyl (C=O) groups excluding carboxylic acids is 1. The SMILES string of the molecule is COc1cccc(Oc2cccc3c2OC[C@H]3Oc2ccc(C3CC(=O)NS3(=O)=O)cc2)n1. The Morgan fingerprint density at radius 3 is 2.52 bits per heavy atom. The summed E-state index contributed by atoms with van der Waals surface area (Å²) >= 11 is 0. The summed E-state index contributed by atoms with van der Waals surface area (Å²) in [7, 11) is -2.15. The van der Waals surface area contributed by atoms with Crippen LogP contribution in [0, 0.1) is 0 Å². The first-order valence-electron chi connectivity index (χ1n) is 10.2. The van der Waals surface area contributed by atoms with Crippen molar-refractivity contribution in [2.45, 2.75) is 17.8 Å². The van der Waals surface area contributed by atoms with Crippen molar-refractivity contribution in [3.63, 3.8) is 0 Å². The van der Waals surface area contributed by atoms with E-state index >= 15 is 0 Å². The Morgan fingerprint density at radius 1 is 1.03 bits per heavy atom. The van der Waals surface area contributed by atoms with Crippen molar-refractivity contribution in [1.29, 1.82) is 0 Å². The largest absolute Gasteiger partial charge is 0.485 e. The summed E-state index contributed by atoms with van der Waals surface area (Å²) in [6.07, 6.45) is -0.455. The zero-order valence-corrected chi connectivity index (χ0v) is 18.4. The van der Waals surface area contributed by atoms with Crippen LogP contribution in [0.3, 0.4) is 0 Å². The molecule has 2 aliphatic rings. The molecule has 9 nitrogen and oxygen atoms in total. The molecule has 5 rings (SSSR count). The van der Waals surface area contributed by atoms with Crippen LogP contribution in [-0.2, 0) is 14.8 Å². The van der Waals surface area contributed by atoms with Gasteiger partial charge in [-0.2, -0.15) is 4.98 Å². The van der Waals surface area contributed by atoms with Crippen LogP contribution in [0.15, 0.2) is 60.7 Å². The van der Waals surface area contributed by atoms with Crippen molar-refractivity contribution in [2.75, 3.05) is 13.7 Å². The van der Waals surface area contributed by atoms with Gasteiger partial charge in [-0.3, -0.25) is 9.52 Å². The second-order valence-electron chi connectivity index (χ2n) is 7.54. The average molecular weight is 468 g/mol. The molecule has 10 heteroatoms. The van der Waals surface area contributed by atoms with Crippen LogP contribution in [0.1, 0.15) is 28.9 Å². The zero-order chi connectivity index (χ0) is 23.0. The first kappa shape index (κ1) is 21.1. The van der Waals surface area contributed by atoms with Gasteiger partial charge in [0.25, 0.3) is 0 Å². The van der Waals surface area contributed by atoms with Gasteiger partial charge in [0.05, 0.1) is 13.5 Å². The van der Waals surface area contributed by atoms with Crippen LogP contribution in [0.2, 0.25) is 0 Å². The van der Waals surface area contributed by atoms with Gasteiger partial charge in [0.1, 0.15) is 17.6 Å². The number of hydrogen-bond acceptors (Lipinski definition) is 8. The molecule has 0 saturated carbocycles. The predicted octanol–water partition coefficient (Wildman–Crippen LogP) is 3.29. The number of nitrogens with one attached hydrogen (secondary N) is 1. The summed E-state index contributed by atoms with van der Waals surface area (Å²) < 4.78 is 49.1. The van der Waals surface area contributed by atoms with Gasteiger partial charge in [-0.15, -0.1) is 0 Å². The molecule has 0 spiro atoms. The smallest absolute Gasteiger partial charge is 0.242 e. The Hall–Kier alpha value is -3.79.